The zero-order valence-electron chi connectivity index (χ0n) is 9.09. The van der Waals surface area contributed by atoms with E-state index >= 15 is 0 Å². The third-order valence-corrected chi connectivity index (χ3v) is 2.06. The van der Waals surface area contributed by atoms with Gasteiger partial charge in [-0.2, -0.15) is 15.2 Å². The summed E-state index contributed by atoms with van der Waals surface area (Å²) in [5, 5.41) is 42.4. The van der Waals surface area contributed by atoms with Crippen molar-refractivity contribution in [2.45, 2.75) is 5.79 Å². The highest BCUT2D eigenvalue weighted by Gasteiger charge is 2.78. The molecule has 2 aromatic heterocycles. The molecule has 0 saturated heterocycles. The lowest BCUT2D eigenvalue weighted by Gasteiger charge is -2.03. The van der Waals surface area contributed by atoms with Gasteiger partial charge in [0.1, 0.15) is 0 Å². The maximum Gasteiger partial charge on any atom is 0.782 e. The van der Waals surface area contributed by atoms with E-state index in [1.807, 2.05) is 0 Å². The Kier molecular flexibility index (Phi) is 2.78. The highest BCUT2D eigenvalue weighted by atomic mass is 16.7. The maximum absolute atomic E-state index is 10.8. The SMILES string of the molecule is O=[N+]([O-])C(c1nc(-n2nccn2)no1)([N+](=O)[O-])[N+](=O)[O-]. The highest BCUT2D eigenvalue weighted by molar-refractivity contribution is 5.03. The normalized spacial score (nSPS) is 11.2. The second-order valence-corrected chi connectivity index (χ2v) is 3.12. The van der Waals surface area contributed by atoms with Crippen LogP contribution in [0.25, 0.3) is 5.95 Å². The molecule has 0 saturated carbocycles. The molecule has 0 unspecified atom stereocenters. The van der Waals surface area contributed by atoms with Crippen molar-refractivity contribution in [2.75, 3.05) is 0 Å². The van der Waals surface area contributed by atoms with Crippen LogP contribution in [-0.2, 0) is 5.79 Å². The molecule has 2 aromatic rings. The van der Waals surface area contributed by atoms with E-state index in [9.17, 15) is 30.3 Å². The maximum atomic E-state index is 10.8. The van der Waals surface area contributed by atoms with Gasteiger partial charge in [0.15, 0.2) is 14.8 Å². The monoisotopic (exact) mass is 286 g/mol. The highest BCUT2D eigenvalue weighted by Crippen LogP contribution is 2.25. The fraction of sp³-hybridized carbons (Fsp3) is 0.200. The zero-order valence-corrected chi connectivity index (χ0v) is 9.09. The Morgan fingerprint density at radius 2 is 1.55 bits per heavy atom. The van der Waals surface area contributed by atoms with Crippen LogP contribution in [0.4, 0.5) is 0 Å². The molecule has 0 aromatic carbocycles. The standard InChI is InChI=1S/C5H2N8O7/c14-11(15)5(12(16)17,13(18)19)3-8-4(9-20-3)10-6-1-2-7-10/h1-2H. The minimum atomic E-state index is -3.99. The van der Waals surface area contributed by atoms with Crippen LogP contribution in [0.3, 0.4) is 0 Å². The lowest BCUT2D eigenvalue weighted by atomic mass is 10.4. The predicted molar refractivity (Wildman–Crippen MR) is 51.9 cm³/mol. The number of hydrogen-bond donors (Lipinski definition) is 0. The minimum absolute atomic E-state index is 0.528. The van der Waals surface area contributed by atoms with Gasteiger partial charge in [-0.25, -0.2) is 0 Å². The second-order valence-electron chi connectivity index (χ2n) is 3.12. The molecule has 0 N–H and O–H groups in total. The summed E-state index contributed by atoms with van der Waals surface area (Å²) in [6.07, 6.45) is 2.38. The Balaban J connectivity index is 2.59. The molecule has 0 aliphatic carbocycles. The summed E-state index contributed by atoms with van der Waals surface area (Å²) in [6.45, 7) is 0. The summed E-state index contributed by atoms with van der Waals surface area (Å²) in [5.41, 5.74) is 0. The van der Waals surface area contributed by atoms with Gasteiger partial charge >= 0.3 is 17.6 Å². The number of aromatic nitrogens is 5. The van der Waals surface area contributed by atoms with E-state index < -0.39 is 32.4 Å². The van der Waals surface area contributed by atoms with Gasteiger partial charge in [-0.3, -0.25) is 30.3 Å². The first-order valence-corrected chi connectivity index (χ1v) is 4.55. The molecule has 0 aliphatic heterocycles. The first kappa shape index (κ1) is 12.9. The molecule has 0 bridgehead atoms. The molecule has 2 rings (SSSR count). The molecule has 2 heterocycles. The van der Waals surface area contributed by atoms with Gasteiger partial charge in [0.05, 0.1) is 12.4 Å². The van der Waals surface area contributed by atoms with Gasteiger partial charge in [-0.05, 0) is 5.16 Å². The van der Waals surface area contributed by atoms with Gasteiger partial charge in [-0.1, -0.05) is 0 Å². The molecule has 15 heteroatoms. The minimum Gasteiger partial charge on any atom is -0.314 e. The smallest absolute Gasteiger partial charge is 0.314 e. The van der Waals surface area contributed by atoms with Crippen LogP contribution in [0.5, 0.6) is 0 Å². The summed E-state index contributed by atoms with van der Waals surface area (Å²) >= 11 is 0. The first-order valence-electron chi connectivity index (χ1n) is 4.55. The van der Waals surface area contributed by atoms with Crippen LogP contribution >= 0.6 is 0 Å². The van der Waals surface area contributed by atoms with Crippen molar-refractivity contribution in [2.24, 2.45) is 0 Å². The molecule has 0 spiro atoms. The van der Waals surface area contributed by atoms with Crippen LogP contribution in [0.2, 0.25) is 0 Å². The third kappa shape index (κ3) is 1.61. The number of rotatable bonds is 5. The fourth-order valence-electron chi connectivity index (χ4n) is 1.19. The Labute approximate surface area is 106 Å². The van der Waals surface area contributed by atoms with Crippen molar-refractivity contribution in [1.82, 2.24) is 25.1 Å². The average molecular weight is 286 g/mol. The van der Waals surface area contributed by atoms with Crippen molar-refractivity contribution in [3.63, 3.8) is 0 Å². The summed E-state index contributed by atoms with van der Waals surface area (Å²) in [4.78, 5) is 31.0. The lowest BCUT2D eigenvalue weighted by Crippen LogP contribution is -2.50. The summed E-state index contributed by atoms with van der Waals surface area (Å²) in [6, 6.07) is 0. The Morgan fingerprint density at radius 3 is 2.00 bits per heavy atom. The van der Waals surface area contributed by atoms with E-state index in [2.05, 4.69) is 24.9 Å². The molecule has 0 atom stereocenters. The van der Waals surface area contributed by atoms with Gasteiger partial charge in [0.25, 0.3) is 0 Å². The lowest BCUT2D eigenvalue weighted by molar-refractivity contribution is -0.989. The van der Waals surface area contributed by atoms with Crippen LogP contribution in [0, 0.1) is 30.3 Å². The summed E-state index contributed by atoms with van der Waals surface area (Å²) < 4.78 is 4.25. The van der Waals surface area contributed by atoms with E-state index in [0.29, 0.717) is 4.80 Å². The van der Waals surface area contributed by atoms with E-state index in [4.69, 9.17) is 0 Å². The summed E-state index contributed by atoms with van der Waals surface area (Å²) in [5.74, 6) is -5.94. The molecule has 15 nitrogen and oxygen atoms in total. The third-order valence-electron chi connectivity index (χ3n) is 2.06. The molecular weight excluding hydrogens is 284 g/mol. The van der Waals surface area contributed by atoms with Crippen molar-refractivity contribution in [3.05, 3.63) is 48.6 Å². The quantitative estimate of drug-likeness (QED) is 0.355. The second kappa shape index (κ2) is 4.30. The van der Waals surface area contributed by atoms with Crippen molar-refractivity contribution in [3.8, 4) is 5.95 Å². The van der Waals surface area contributed by atoms with Gasteiger partial charge < -0.3 is 4.52 Å². The van der Waals surface area contributed by atoms with Crippen LogP contribution in [-0.4, -0.2) is 39.9 Å². The van der Waals surface area contributed by atoms with Crippen LogP contribution in [0.15, 0.2) is 16.9 Å². The fourth-order valence-corrected chi connectivity index (χ4v) is 1.19. The van der Waals surface area contributed by atoms with E-state index in [0.717, 1.165) is 0 Å². The Hall–Kier alpha value is -3.52. The number of nitrogens with zero attached hydrogens (tertiary/aromatic N) is 8. The van der Waals surface area contributed by atoms with Crippen molar-refractivity contribution >= 4 is 0 Å². The van der Waals surface area contributed by atoms with Crippen LogP contribution < -0.4 is 0 Å². The van der Waals surface area contributed by atoms with E-state index in [-0.39, 0.29) is 0 Å². The largest absolute Gasteiger partial charge is 0.782 e. The van der Waals surface area contributed by atoms with E-state index in [1.54, 1.807) is 0 Å². The molecule has 20 heavy (non-hydrogen) atoms. The van der Waals surface area contributed by atoms with Crippen molar-refractivity contribution < 1.29 is 19.3 Å². The van der Waals surface area contributed by atoms with Crippen LogP contribution in [0.1, 0.15) is 5.89 Å². The topological polar surface area (TPSA) is 199 Å². The molecule has 0 fully saturated rings. The van der Waals surface area contributed by atoms with Gasteiger partial charge in [-0.15, -0.1) is 4.80 Å². The number of nitro groups is 3. The Bertz CT molecular complexity index is 639. The van der Waals surface area contributed by atoms with Gasteiger partial charge in [0, 0.05) is 0 Å². The molecule has 0 radical (unpaired) electrons. The Morgan fingerprint density at radius 1 is 1.05 bits per heavy atom. The summed E-state index contributed by atoms with van der Waals surface area (Å²) in [7, 11) is 0. The van der Waals surface area contributed by atoms with Crippen molar-refractivity contribution in [1.29, 1.82) is 0 Å². The average Bonchev–Trinajstić information content (AvgIpc) is 2.97. The predicted octanol–water partition coefficient (Wildman–Crippen LogP) is -1.41. The zero-order chi connectivity index (χ0) is 14.9. The number of hydrogen-bond acceptors (Lipinski definition) is 11. The molecule has 104 valence electrons. The van der Waals surface area contributed by atoms with Gasteiger partial charge in [0.2, 0.25) is 0 Å². The molecule has 0 amide bonds. The van der Waals surface area contributed by atoms with E-state index in [1.165, 1.54) is 12.4 Å². The molecule has 0 aliphatic rings. The molecular formula is C5H2N8O7. The first-order chi connectivity index (χ1) is 9.40.